The number of rotatable bonds is 5. The van der Waals surface area contributed by atoms with Crippen molar-refractivity contribution in [2.45, 2.75) is 51.5 Å². The molecule has 1 fully saturated rings. The number of sulfone groups is 1. The van der Waals surface area contributed by atoms with Crippen molar-refractivity contribution in [3.8, 4) is 0 Å². The molecule has 3 rings (SSSR count). The molecule has 1 aromatic rings. The number of aryl methyl sites for hydroxylation is 2. The minimum atomic E-state index is -2.97. The number of thiophene rings is 1. The molecule has 0 N–H and O–H groups in total. The highest BCUT2D eigenvalue weighted by Crippen LogP contribution is 2.32. The van der Waals surface area contributed by atoms with Gasteiger partial charge in [-0.2, -0.15) is 0 Å². The normalized spacial score (nSPS) is 22.7. The van der Waals surface area contributed by atoms with Gasteiger partial charge in [-0.25, -0.2) is 8.42 Å². The molecule has 6 heteroatoms. The Balaban J connectivity index is 1.80. The van der Waals surface area contributed by atoms with E-state index in [9.17, 15) is 13.2 Å². The largest absolute Gasteiger partial charge is 0.334 e. The molecule has 122 valence electrons. The molecule has 0 saturated carbocycles. The first kappa shape index (κ1) is 16.0. The van der Waals surface area contributed by atoms with Crippen LogP contribution in [0.25, 0.3) is 0 Å². The topological polar surface area (TPSA) is 54.5 Å². The van der Waals surface area contributed by atoms with Crippen molar-refractivity contribution in [3.05, 3.63) is 21.4 Å². The molecule has 0 radical (unpaired) electrons. The van der Waals surface area contributed by atoms with E-state index in [1.54, 1.807) is 11.3 Å². The molecule has 22 heavy (non-hydrogen) atoms. The Labute approximate surface area is 136 Å². The lowest BCUT2D eigenvalue weighted by Crippen LogP contribution is -2.41. The van der Waals surface area contributed by atoms with Crippen molar-refractivity contribution in [2.24, 2.45) is 0 Å². The van der Waals surface area contributed by atoms with Crippen LogP contribution in [0.2, 0.25) is 0 Å². The summed E-state index contributed by atoms with van der Waals surface area (Å²) in [5, 5.41) is 0. The van der Waals surface area contributed by atoms with Gasteiger partial charge in [0.2, 0.25) is 0 Å². The van der Waals surface area contributed by atoms with Crippen molar-refractivity contribution < 1.29 is 13.2 Å². The van der Waals surface area contributed by atoms with Crippen molar-refractivity contribution in [1.29, 1.82) is 0 Å². The third-order valence-electron chi connectivity index (χ3n) is 4.62. The third kappa shape index (κ3) is 3.23. The van der Waals surface area contributed by atoms with Crippen LogP contribution in [0, 0.1) is 0 Å². The van der Waals surface area contributed by atoms with Crippen molar-refractivity contribution in [1.82, 2.24) is 4.90 Å². The predicted molar refractivity (Wildman–Crippen MR) is 89.3 cm³/mol. The second-order valence-electron chi connectivity index (χ2n) is 6.32. The van der Waals surface area contributed by atoms with Gasteiger partial charge < -0.3 is 4.90 Å². The SMILES string of the molecule is CCCCN(C(=O)c1cc2c(s1)CCC2)[C@@H]1CCS(=O)(=O)C1. The van der Waals surface area contributed by atoms with E-state index in [4.69, 9.17) is 0 Å². The molecule has 0 bridgehead atoms. The standard InChI is InChI=1S/C16H23NO3S2/c1-2-3-8-17(13-7-9-22(19,20)11-13)16(18)15-10-12-5-4-6-14(12)21-15/h10,13H,2-9,11H2,1H3/t13-/m1/s1. The van der Waals surface area contributed by atoms with Gasteiger partial charge in [-0.05, 0) is 43.7 Å². The fourth-order valence-corrected chi connectivity index (χ4v) is 6.32. The Morgan fingerprint density at radius 2 is 2.23 bits per heavy atom. The van der Waals surface area contributed by atoms with Gasteiger partial charge in [-0.1, -0.05) is 13.3 Å². The Bertz CT molecular complexity index is 641. The van der Waals surface area contributed by atoms with Crippen LogP contribution >= 0.6 is 11.3 Å². The van der Waals surface area contributed by atoms with Crippen LogP contribution in [-0.2, 0) is 22.7 Å². The van der Waals surface area contributed by atoms with Gasteiger partial charge in [0.25, 0.3) is 5.91 Å². The molecule has 1 amide bonds. The highest BCUT2D eigenvalue weighted by Gasteiger charge is 2.35. The molecule has 2 aliphatic rings. The first-order valence-corrected chi connectivity index (χ1v) is 10.8. The summed E-state index contributed by atoms with van der Waals surface area (Å²) in [5.41, 5.74) is 1.32. The first-order valence-electron chi connectivity index (χ1n) is 8.13. The Hall–Kier alpha value is -0.880. The van der Waals surface area contributed by atoms with E-state index in [1.165, 1.54) is 16.9 Å². The fraction of sp³-hybridized carbons (Fsp3) is 0.688. The van der Waals surface area contributed by atoms with Crippen molar-refractivity contribution in [2.75, 3.05) is 18.1 Å². The lowest BCUT2D eigenvalue weighted by molar-refractivity contribution is 0.0699. The molecule has 0 unspecified atom stereocenters. The molecule has 2 heterocycles. The molecule has 1 saturated heterocycles. The molecule has 1 aliphatic heterocycles. The summed E-state index contributed by atoms with van der Waals surface area (Å²) in [6, 6.07) is 1.90. The monoisotopic (exact) mass is 341 g/mol. The van der Waals surface area contributed by atoms with Gasteiger partial charge in [-0.3, -0.25) is 4.79 Å². The van der Waals surface area contributed by atoms with Crippen LogP contribution in [0.1, 0.15) is 52.7 Å². The number of nitrogens with zero attached hydrogens (tertiary/aromatic N) is 1. The van der Waals surface area contributed by atoms with E-state index in [0.29, 0.717) is 13.0 Å². The smallest absolute Gasteiger partial charge is 0.264 e. The molecular formula is C16H23NO3S2. The van der Waals surface area contributed by atoms with Gasteiger partial charge in [0, 0.05) is 17.5 Å². The van der Waals surface area contributed by atoms with Gasteiger partial charge in [0.1, 0.15) is 0 Å². The second kappa shape index (κ2) is 6.32. The fourth-order valence-electron chi connectivity index (χ4n) is 3.38. The van der Waals surface area contributed by atoms with Crippen LogP contribution in [0.3, 0.4) is 0 Å². The van der Waals surface area contributed by atoms with E-state index < -0.39 is 9.84 Å². The summed E-state index contributed by atoms with van der Waals surface area (Å²) >= 11 is 1.61. The number of carbonyl (C=O) groups is 1. The maximum absolute atomic E-state index is 12.9. The summed E-state index contributed by atoms with van der Waals surface area (Å²) in [4.78, 5) is 16.9. The van der Waals surface area contributed by atoms with Gasteiger partial charge >= 0.3 is 0 Å². The lowest BCUT2D eigenvalue weighted by Gasteiger charge is -2.27. The average molecular weight is 341 g/mol. The molecule has 0 spiro atoms. The summed E-state index contributed by atoms with van der Waals surface area (Å²) < 4.78 is 23.5. The summed E-state index contributed by atoms with van der Waals surface area (Å²) in [5.74, 6) is 0.386. The van der Waals surface area contributed by atoms with Crippen molar-refractivity contribution in [3.63, 3.8) is 0 Å². The first-order chi connectivity index (χ1) is 10.5. The minimum absolute atomic E-state index is 0.0370. The van der Waals surface area contributed by atoms with Gasteiger partial charge in [0.15, 0.2) is 9.84 Å². The zero-order chi connectivity index (χ0) is 15.7. The van der Waals surface area contributed by atoms with Gasteiger partial charge in [0.05, 0.1) is 16.4 Å². The minimum Gasteiger partial charge on any atom is -0.334 e. The Morgan fingerprint density at radius 3 is 2.86 bits per heavy atom. The average Bonchev–Trinajstić information content (AvgIpc) is 3.13. The molecule has 1 aliphatic carbocycles. The summed E-state index contributed by atoms with van der Waals surface area (Å²) in [6.45, 7) is 2.76. The van der Waals surface area contributed by atoms with E-state index >= 15 is 0 Å². The third-order valence-corrected chi connectivity index (χ3v) is 7.60. The van der Waals surface area contributed by atoms with Crippen LogP contribution < -0.4 is 0 Å². The number of unbranched alkanes of at least 4 members (excludes halogenated alkanes) is 1. The van der Waals surface area contributed by atoms with Crippen LogP contribution in [0.4, 0.5) is 0 Å². The number of hydrogen-bond donors (Lipinski definition) is 0. The molecule has 4 nitrogen and oxygen atoms in total. The molecular weight excluding hydrogens is 318 g/mol. The Kier molecular flexibility index (Phi) is 4.59. The number of carbonyl (C=O) groups excluding carboxylic acids is 1. The molecule has 1 aromatic heterocycles. The Morgan fingerprint density at radius 1 is 1.41 bits per heavy atom. The number of amides is 1. The predicted octanol–water partition coefficient (Wildman–Crippen LogP) is 2.67. The molecule has 0 aromatic carbocycles. The summed E-state index contributed by atoms with van der Waals surface area (Å²) in [7, 11) is -2.97. The summed E-state index contributed by atoms with van der Waals surface area (Å²) in [6.07, 6.45) is 5.86. The zero-order valence-electron chi connectivity index (χ0n) is 13.0. The van der Waals surface area contributed by atoms with E-state index in [1.807, 2.05) is 11.0 Å². The highest BCUT2D eigenvalue weighted by atomic mass is 32.2. The van der Waals surface area contributed by atoms with E-state index in [0.717, 1.165) is 30.6 Å². The number of hydrogen-bond acceptors (Lipinski definition) is 4. The van der Waals surface area contributed by atoms with Crippen molar-refractivity contribution >= 4 is 27.1 Å². The quantitative estimate of drug-likeness (QED) is 0.827. The maximum atomic E-state index is 12.9. The highest BCUT2D eigenvalue weighted by molar-refractivity contribution is 7.91. The second-order valence-corrected chi connectivity index (χ2v) is 9.69. The molecule has 1 atom stereocenters. The van der Waals surface area contributed by atoms with E-state index in [2.05, 4.69) is 6.92 Å². The lowest BCUT2D eigenvalue weighted by atomic mass is 10.1. The van der Waals surface area contributed by atoms with Crippen LogP contribution in [0.15, 0.2) is 6.07 Å². The number of fused-ring (bicyclic) bond motifs is 1. The van der Waals surface area contributed by atoms with Crippen LogP contribution in [0.5, 0.6) is 0 Å². The maximum Gasteiger partial charge on any atom is 0.264 e. The van der Waals surface area contributed by atoms with Gasteiger partial charge in [-0.15, -0.1) is 11.3 Å². The zero-order valence-corrected chi connectivity index (χ0v) is 14.6. The van der Waals surface area contributed by atoms with Crippen LogP contribution in [-0.4, -0.2) is 43.3 Å². The van der Waals surface area contributed by atoms with E-state index in [-0.39, 0.29) is 23.5 Å².